The van der Waals surface area contributed by atoms with Crippen molar-refractivity contribution in [2.75, 3.05) is 13.1 Å². The van der Waals surface area contributed by atoms with Gasteiger partial charge in [-0.25, -0.2) is 0 Å². The van der Waals surface area contributed by atoms with Crippen molar-refractivity contribution in [1.29, 1.82) is 0 Å². The first-order valence-electron chi connectivity index (χ1n) is 7.35. The molecule has 0 bridgehead atoms. The lowest BCUT2D eigenvalue weighted by atomic mass is 9.86. The van der Waals surface area contributed by atoms with Crippen LogP contribution in [-0.2, 0) is 4.79 Å². The Morgan fingerprint density at radius 3 is 2.53 bits per heavy atom. The minimum Gasteiger partial charge on any atom is -0.310 e. The molecule has 5 heteroatoms. The average Bonchev–Trinajstić information content (AvgIpc) is 3.10. The zero-order valence-corrected chi connectivity index (χ0v) is 11.6. The second-order valence-corrected chi connectivity index (χ2v) is 6.18. The summed E-state index contributed by atoms with van der Waals surface area (Å²) in [5, 5.41) is 0. The number of carbonyl (C=O) groups excluding carboxylic acids is 1. The van der Waals surface area contributed by atoms with E-state index in [1.807, 2.05) is 12.3 Å². The highest BCUT2D eigenvalue weighted by atomic mass is 16.2. The average molecular weight is 264 g/mol. The molecule has 3 aliphatic rings. The van der Waals surface area contributed by atoms with Crippen LogP contribution in [0.5, 0.6) is 0 Å². The Morgan fingerprint density at radius 1 is 1.32 bits per heavy atom. The summed E-state index contributed by atoms with van der Waals surface area (Å²) >= 11 is 0. The van der Waals surface area contributed by atoms with Gasteiger partial charge < -0.3 is 16.4 Å². The number of rotatable bonds is 2. The van der Waals surface area contributed by atoms with E-state index in [0.717, 1.165) is 25.9 Å². The minimum absolute atomic E-state index is 0.143. The van der Waals surface area contributed by atoms with Crippen molar-refractivity contribution in [2.45, 2.75) is 44.4 Å². The highest BCUT2D eigenvalue weighted by molar-refractivity contribution is 5.82. The molecule has 0 aromatic rings. The van der Waals surface area contributed by atoms with E-state index >= 15 is 0 Å². The van der Waals surface area contributed by atoms with Crippen molar-refractivity contribution in [3.8, 4) is 0 Å². The summed E-state index contributed by atoms with van der Waals surface area (Å²) < 4.78 is 0. The summed E-state index contributed by atoms with van der Waals surface area (Å²) in [5.41, 5.74) is 12.4. The van der Waals surface area contributed by atoms with Crippen molar-refractivity contribution >= 4 is 5.91 Å². The van der Waals surface area contributed by atoms with Gasteiger partial charge in [0.05, 0.1) is 0 Å². The van der Waals surface area contributed by atoms with Crippen LogP contribution in [0.4, 0.5) is 0 Å². The number of nitrogens with two attached hydrogens (primary N) is 2. The number of amides is 1. The van der Waals surface area contributed by atoms with Crippen molar-refractivity contribution in [2.24, 2.45) is 23.3 Å². The SMILES string of the molecule is CC1C=CN(C(=O)C2CC2)C(N)C1(N)N1CCCC1. The van der Waals surface area contributed by atoms with Crippen LogP contribution >= 0.6 is 0 Å². The smallest absolute Gasteiger partial charge is 0.231 e. The largest absolute Gasteiger partial charge is 0.310 e. The van der Waals surface area contributed by atoms with E-state index in [0.29, 0.717) is 0 Å². The minimum atomic E-state index is -0.629. The Labute approximate surface area is 114 Å². The summed E-state index contributed by atoms with van der Waals surface area (Å²) in [6.07, 6.45) is 7.74. The van der Waals surface area contributed by atoms with E-state index in [1.165, 1.54) is 12.8 Å². The molecular formula is C14H24N4O. The van der Waals surface area contributed by atoms with Crippen LogP contribution < -0.4 is 11.5 Å². The molecule has 0 aromatic heterocycles. The third-order valence-electron chi connectivity index (χ3n) is 4.87. The summed E-state index contributed by atoms with van der Waals surface area (Å²) in [4.78, 5) is 16.2. The molecule has 4 N–H and O–H groups in total. The predicted molar refractivity (Wildman–Crippen MR) is 73.6 cm³/mol. The van der Waals surface area contributed by atoms with E-state index in [-0.39, 0.29) is 17.7 Å². The molecule has 1 saturated carbocycles. The van der Waals surface area contributed by atoms with Gasteiger partial charge in [0.2, 0.25) is 5.91 Å². The van der Waals surface area contributed by atoms with E-state index in [4.69, 9.17) is 11.5 Å². The quantitative estimate of drug-likeness (QED) is 0.758. The van der Waals surface area contributed by atoms with Gasteiger partial charge in [-0.1, -0.05) is 13.0 Å². The molecule has 19 heavy (non-hydrogen) atoms. The van der Waals surface area contributed by atoms with Gasteiger partial charge in [-0.3, -0.25) is 9.69 Å². The fraction of sp³-hybridized carbons (Fsp3) is 0.786. The van der Waals surface area contributed by atoms with Gasteiger partial charge in [0, 0.05) is 31.1 Å². The van der Waals surface area contributed by atoms with Crippen LogP contribution in [0, 0.1) is 11.8 Å². The van der Waals surface area contributed by atoms with Gasteiger partial charge in [-0.05, 0) is 25.7 Å². The van der Waals surface area contributed by atoms with Gasteiger partial charge in [0.1, 0.15) is 11.8 Å². The van der Waals surface area contributed by atoms with Crippen molar-refractivity contribution in [3.63, 3.8) is 0 Å². The van der Waals surface area contributed by atoms with Gasteiger partial charge in [-0.15, -0.1) is 0 Å². The monoisotopic (exact) mass is 264 g/mol. The number of likely N-dealkylation sites (tertiary alicyclic amines) is 1. The number of nitrogens with zero attached hydrogens (tertiary/aromatic N) is 2. The Balaban J connectivity index is 1.86. The van der Waals surface area contributed by atoms with Crippen LogP contribution in [0.1, 0.15) is 32.6 Å². The van der Waals surface area contributed by atoms with Crippen LogP contribution in [0.2, 0.25) is 0 Å². The van der Waals surface area contributed by atoms with Crippen molar-refractivity contribution in [3.05, 3.63) is 12.3 Å². The molecule has 0 aromatic carbocycles. The standard InChI is InChI=1S/C14H24N4O/c1-10-6-9-18(12(19)11-4-5-11)13(15)14(10,16)17-7-2-3-8-17/h6,9-11,13H,2-5,7-8,15-16H2,1H3. The zero-order valence-electron chi connectivity index (χ0n) is 11.6. The molecular weight excluding hydrogens is 240 g/mol. The lowest BCUT2D eigenvalue weighted by Gasteiger charge is -2.51. The summed E-state index contributed by atoms with van der Waals surface area (Å²) in [7, 11) is 0. The summed E-state index contributed by atoms with van der Waals surface area (Å²) in [6, 6.07) is 0. The summed E-state index contributed by atoms with van der Waals surface area (Å²) in [6.45, 7) is 4.05. The summed E-state index contributed by atoms with van der Waals surface area (Å²) in [5.74, 6) is 0.473. The maximum atomic E-state index is 12.3. The number of carbonyl (C=O) groups is 1. The molecule has 5 nitrogen and oxygen atoms in total. The molecule has 2 heterocycles. The Kier molecular flexibility index (Phi) is 3.15. The Hall–Kier alpha value is -0.910. The molecule has 0 radical (unpaired) electrons. The fourth-order valence-electron chi connectivity index (χ4n) is 3.29. The van der Waals surface area contributed by atoms with Gasteiger partial charge in [0.25, 0.3) is 0 Å². The van der Waals surface area contributed by atoms with Crippen molar-refractivity contribution in [1.82, 2.24) is 9.80 Å². The molecule has 3 rings (SSSR count). The third kappa shape index (κ3) is 2.00. The second kappa shape index (κ2) is 4.58. The molecule has 1 saturated heterocycles. The maximum absolute atomic E-state index is 12.3. The molecule has 2 aliphatic heterocycles. The molecule has 0 spiro atoms. The van der Waals surface area contributed by atoms with Gasteiger partial charge >= 0.3 is 0 Å². The lowest BCUT2D eigenvalue weighted by molar-refractivity contribution is -0.136. The highest BCUT2D eigenvalue weighted by Crippen LogP contribution is 2.37. The second-order valence-electron chi connectivity index (χ2n) is 6.18. The van der Waals surface area contributed by atoms with Crippen LogP contribution in [0.25, 0.3) is 0 Å². The number of hydrogen-bond acceptors (Lipinski definition) is 4. The third-order valence-corrected chi connectivity index (χ3v) is 4.87. The molecule has 3 atom stereocenters. The Morgan fingerprint density at radius 2 is 1.95 bits per heavy atom. The van der Waals surface area contributed by atoms with E-state index < -0.39 is 11.8 Å². The molecule has 1 aliphatic carbocycles. The molecule has 2 fully saturated rings. The van der Waals surface area contributed by atoms with Gasteiger partial charge in [0.15, 0.2) is 0 Å². The first-order chi connectivity index (χ1) is 9.05. The van der Waals surface area contributed by atoms with E-state index in [1.54, 1.807) is 4.90 Å². The molecule has 3 unspecified atom stereocenters. The van der Waals surface area contributed by atoms with Crippen LogP contribution in [0.15, 0.2) is 12.3 Å². The fourth-order valence-corrected chi connectivity index (χ4v) is 3.29. The first-order valence-corrected chi connectivity index (χ1v) is 7.35. The first kappa shape index (κ1) is 13.1. The predicted octanol–water partition coefficient (Wildman–Crippen LogP) is 0.424. The normalized spacial score (nSPS) is 39.8. The number of hydrogen-bond donors (Lipinski definition) is 2. The van der Waals surface area contributed by atoms with E-state index in [2.05, 4.69) is 11.8 Å². The maximum Gasteiger partial charge on any atom is 0.231 e. The molecule has 1 amide bonds. The van der Waals surface area contributed by atoms with Crippen molar-refractivity contribution < 1.29 is 4.79 Å². The van der Waals surface area contributed by atoms with Crippen LogP contribution in [-0.4, -0.2) is 40.6 Å². The highest BCUT2D eigenvalue weighted by Gasteiger charge is 2.50. The van der Waals surface area contributed by atoms with E-state index in [9.17, 15) is 4.79 Å². The zero-order chi connectivity index (χ0) is 13.6. The van der Waals surface area contributed by atoms with Gasteiger partial charge in [-0.2, -0.15) is 0 Å². The van der Waals surface area contributed by atoms with Crippen LogP contribution in [0.3, 0.4) is 0 Å². The lowest BCUT2D eigenvalue weighted by Crippen LogP contribution is -2.74. The molecule has 106 valence electrons. The topological polar surface area (TPSA) is 75.6 Å². The Bertz CT molecular complexity index is 400.